The SMILES string of the molecule is O=C(Cc1ccc(Cl)cc1)N1C[C@@H](O)[C@](O)(CNCCc2ccc(Cl)cc2)C1. The molecule has 1 saturated heterocycles. The number of aliphatic hydroxyl groups excluding tert-OH is 1. The molecule has 2 atom stereocenters. The summed E-state index contributed by atoms with van der Waals surface area (Å²) in [6.07, 6.45) is 0.0108. The second-order valence-electron chi connectivity index (χ2n) is 7.25. The second-order valence-corrected chi connectivity index (χ2v) is 8.12. The Labute approximate surface area is 174 Å². The Hall–Kier alpha value is -1.63. The number of halogens is 2. The summed E-state index contributed by atoms with van der Waals surface area (Å²) in [5.41, 5.74) is 0.631. The normalized spacial score (nSPS) is 21.9. The first-order chi connectivity index (χ1) is 13.4. The molecular formula is C21H24Cl2N2O3. The third kappa shape index (κ3) is 5.46. The van der Waals surface area contributed by atoms with Crippen molar-refractivity contribution in [2.24, 2.45) is 0 Å². The van der Waals surface area contributed by atoms with Crippen LogP contribution >= 0.6 is 23.2 Å². The van der Waals surface area contributed by atoms with Gasteiger partial charge in [0, 0.05) is 23.1 Å². The average Bonchev–Trinajstić information content (AvgIpc) is 2.97. The highest BCUT2D eigenvalue weighted by Crippen LogP contribution is 2.22. The Bertz CT molecular complexity index is 798. The van der Waals surface area contributed by atoms with E-state index in [0.29, 0.717) is 16.6 Å². The third-order valence-corrected chi connectivity index (χ3v) is 5.54. The number of aliphatic hydroxyl groups is 2. The number of nitrogens with zero attached hydrogens (tertiary/aromatic N) is 1. The summed E-state index contributed by atoms with van der Waals surface area (Å²) in [4.78, 5) is 14.0. The molecule has 2 aromatic rings. The number of nitrogens with one attached hydrogen (secondary N) is 1. The molecular weight excluding hydrogens is 399 g/mol. The fourth-order valence-electron chi connectivity index (χ4n) is 3.32. The quantitative estimate of drug-likeness (QED) is 0.598. The van der Waals surface area contributed by atoms with E-state index in [1.54, 1.807) is 24.3 Å². The maximum absolute atomic E-state index is 12.5. The van der Waals surface area contributed by atoms with Crippen molar-refractivity contribution in [3.63, 3.8) is 0 Å². The van der Waals surface area contributed by atoms with Crippen LogP contribution in [0.25, 0.3) is 0 Å². The number of rotatable bonds is 7. The summed E-state index contributed by atoms with van der Waals surface area (Å²) >= 11 is 11.7. The van der Waals surface area contributed by atoms with E-state index in [0.717, 1.165) is 17.5 Å². The van der Waals surface area contributed by atoms with E-state index >= 15 is 0 Å². The van der Waals surface area contributed by atoms with Crippen molar-refractivity contribution in [1.29, 1.82) is 0 Å². The van der Waals surface area contributed by atoms with Gasteiger partial charge in [-0.1, -0.05) is 47.5 Å². The highest BCUT2D eigenvalue weighted by molar-refractivity contribution is 6.30. The molecule has 1 aliphatic heterocycles. The van der Waals surface area contributed by atoms with Gasteiger partial charge in [-0.2, -0.15) is 0 Å². The first-order valence-electron chi connectivity index (χ1n) is 9.23. The van der Waals surface area contributed by atoms with Crippen molar-refractivity contribution >= 4 is 29.1 Å². The van der Waals surface area contributed by atoms with E-state index in [9.17, 15) is 15.0 Å². The fourth-order valence-corrected chi connectivity index (χ4v) is 3.57. The molecule has 1 amide bonds. The summed E-state index contributed by atoms with van der Waals surface area (Å²) < 4.78 is 0. The lowest BCUT2D eigenvalue weighted by molar-refractivity contribution is -0.130. The molecule has 1 fully saturated rings. The van der Waals surface area contributed by atoms with E-state index in [1.165, 1.54) is 4.90 Å². The Balaban J connectivity index is 1.47. The molecule has 2 aromatic carbocycles. The number of carbonyl (C=O) groups is 1. The van der Waals surface area contributed by atoms with Crippen LogP contribution in [0.4, 0.5) is 0 Å². The summed E-state index contributed by atoms with van der Waals surface area (Å²) in [5, 5.41) is 25.6. The van der Waals surface area contributed by atoms with Crippen LogP contribution in [-0.4, -0.2) is 58.9 Å². The molecule has 0 spiro atoms. The molecule has 0 saturated carbocycles. The van der Waals surface area contributed by atoms with Gasteiger partial charge in [-0.3, -0.25) is 4.79 Å². The van der Waals surface area contributed by atoms with Crippen molar-refractivity contribution < 1.29 is 15.0 Å². The standard InChI is InChI=1S/C21H24Cl2N2O3/c22-17-5-1-15(2-6-17)9-10-24-13-21(28)14-25(12-19(21)26)20(27)11-16-3-7-18(23)8-4-16/h1-8,19,24,26,28H,9-14H2/t19-,21+/m1/s1. The summed E-state index contributed by atoms with van der Waals surface area (Å²) in [7, 11) is 0. The van der Waals surface area contributed by atoms with E-state index in [4.69, 9.17) is 23.2 Å². The summed E-state index contributed by atoms with van der Waals surface area (Å²) in [6.45, 7) is 1.10. The third-order valence-electron chi connectivity index (χ3n) is 5.03. The first kappa shape index (κ1) is 21.1. The van der Waals surface area contributed by atoms with Gasteiger partial charge < -0.3 is 20.4 Å². The molecule has 150 valence electrons. The monoisotopic (exact) mass is 422 g/mol. The molecule has 1 aliphatic rings. The number of hydrogen-bond donors (Lipinski definition) is 3. The molecule has 0 bridgehead atoms. The number of benzene rings is 2. The molecule has 7 heteroatoms. The van der Waals surface area contributed by atoms with Gasteiger partial charge >= 0.3 is 0 Å². The predicted molar refractivity (Wildman–Crippen MR) is 111 cm³/mol. The van der Waals surface area contributed by atoms with E-state index < -0.39 is 11.7 Å². The Morgan fingerprint density at radius 2 is 1.64 bits per heavy atom. The lowest BCUT2D eigenvalue weighted by atomic mass is 10.0. The van der Waals surface area contributed by atoms with E-state index in [2.05, 4.69) is 5.32 Å². The second kappa shape index (κ2) is 9.25. The van der Waals surface area contributed by atoms with Gasteiger partial charge in [0.2, 0.25) is 5.91 Å². The highest BCUT2D eigenvalue weighted by Gasteiger charge is 2.45. The van der Waals surface area contributed by atoms with Crippen LogP contribution < -0.4 is 5.32 Å². The minimum Gasteiger partial charge on any atom is -0.388 e. The Morgan fingerprint density at radius 1 is 1.07 bits per heavy atom. The van der Waals surface area contributed by atoms with Gasteiger partial charge in [0.15, 0.2) is 0 Å². The smallest absolute Gasteiger partial charge is 0.227 e. The molecule has 28 heavy (non-hydrogen) atoms. The minimum absolute atomic E-state index is 0.106. The highest BCUT2D eigenvalue weighted by atomic mass is 35.5. The molecule has 5 nitrogen and oxygen atoms in total. The van der Waals surface area contributed by atoms with Crippen LogP contribution in [0.2, 0.25) is 10.0 Å². The maximum Gasteiger partial charge on any atom is 0.227 e. The summed E-state index contributed by atoms with van der Waals surface area (Å²) in [6, 6.07) is 14.7. The van der Waals surface area contributed by atoms with Crippen molar-refractivity contribution in [2.45, 2.75) is 24.5 Å². The Kier molecular flexibility index (Phi) is 6.96. The minimum atomic E-state index is -1.35. The zero-order valence-corrected chi connectivity index (χ0v) is 17.0. The largest absolute Gasteiger partial charge is 0.388 e. The molecule has 3 N–H and O–H groups in total. The van der Waals surface area contributed by atoms with Crippen molar-refractivity contribution in [2.75, 3.05) is 26.2 Å². The zero-order valence-electron chi connectivity index (χ0n) is 15.4. The number of likely N-dealkylation sites (tertiary alicyclic amines) is 1. The van der Waals surface area contributed by atoms with Gasteiger partial charge in [-0.15, -0.1) is 0 Å². The van der Waals surface area contributed by atoms with Crippen molar-refractivity contribution in [3.8, 4) is 0 Å². The number of amides is 1. The molecule has 0 aromatic heterocycles. The average molecular weight is 423 g/mol. The van der Waals surface area contributed by atoms with Gasteiger partial charge in [-0.25, -0.2) is 0 Å². The van der Waals surface area contributed by atoms with Gasteiger partial charge in [-0.05, 0) is 48.4 Å². The Morgan fingerprint density at radius 3 is 2.25 bits per heavy atom. The summed E-state index contributed by atoms with van der Waals surface area (Å²) in [5.74, 6) is -0.126. The van der Waals surface area contributed by atoms with Crippen molar-refractivity contribution in [3.05, 3.63) is 69.7 Å². The number of β-amino-alcohol motifs (C(OH)–C–C–N with tert-alkyl or cyclic N) is 2. The van der Waals surface area contributed by atoms with Gasteiger partial charge in [0.05, 0.1) is 13.0 Å². The molecule has 0 radical (unpaired) electrons. The van der Waals surface area contributed by atoms with E-state index in [-0.39, 0.29) is 32.0 Å². The van der Waals surface area contributed by atoms with Gasteiger partial charge in [0.25, 0.3) is 0 Å². The molecule has 0 aliphatic carbocycles. The van der Waals surface area contributed by atoms with Crippen LogP contribution in [-0.2, 0) is 17.6 Å². The van der Waals surface area contributed by atoms with Crippen LogP contribution in [0.1, 0.15) is 11.1 Å². The van der Waals surface area contributed by atoms with Crippen LogP contribution in [0, 0.1) is 0 Å². The van der Waals surface area contributed by atoms with Crippen LogP contribution in [0.5, 0.6) is 0 Å². The molecule has 3 rings (SSSR count). The van der Waals surface area contributed by atoms with Crippen LogP contribution in [0.3, 0.4) is 0 Å². The zero-order chi connectivity index (χ0) is 20.1. The lowest BCUT2D eigenvalue weighted by Crippen LogP contribution is -2.50. The molecule has 1 heterocycles. The predicted octanol–water partition coefficient (Wildman–Crippen LogP) is 2.30. The number of carbonyl (C=O) groups excluding carboxylic acids is 1. The fraction of sp³-hybridized carbons (Fsp3) is 0.381. The maximum atomic E-state index is 12.5. The number of hydrogen-bond acceptors (Lipinski definition) is 4. The topological polar surface area (TPSA) is 72.8 Å². The van der Waals surface area contributed by atoms with Crippen molar-refractivity contribution in [1.82, 2.24) is 10.2 Å². The van der Waals surface area contributed by atoms with E-state index in [1.807, 2.05) is 24.3 Å². The molecule has 0 unspecified atom stereocenters. The van der Waals surface area contributed by atoms with Crippen LogP contribution in [0.15, 0.2) is 48.5 Å². The first-order valence-corrected chi connectivity index (χ1v) is 9.99. The lowest BCUT2D eigenvalue weighted by Gasteiger charge is -2.26. The van der Waals surface area contributed by atoms with Gasteiger partial charge in [0.1, 0.15) is 11.7 Å².